The van der Waals surface area contributed by atoms with E-state index in [1.165, 1.54) is 46.3 Å². The Morgan fingerprint density at radius 3 is 2.52 bits per heavy atom. The van der Waals surface area contributed by atoms with Gasteiger partial charge in [-0.25, -0.2) is 9.37 Å². The van der Waals surface area contributed by atoms with Gasteiger partial charge in [0.05, 0.1) is 18.3 Å². The van der Waals surface area contributed by atoms with Crippen LogP contribution in [0.1, 0.15) is 5.56 Å². The number of carbonyl (C=O) groups excluding carboxylic acids is 2. The molecule has 0 unspecified atom stereocenters. The number of nitrogens with zero attached hydrogens (tertiary/aromatic N) is 3. The second-order valence-electron chi connectivity index (χ2n) is 7.68. The predicted octanol–water partition coefficient (Wildman–Crippen LogP) is 3.67. The Hall–Kier alpha value is -3.85. The highest BCUT2D eigenvalue weighted by Crippen LogP contribution is 2.30. The van der Waals surface area contributed by atoms with E-state index >= 15 is 0 Å². The summed E-state index contributed by atoms with van der Waals surface area (Å²) in [7, 11) is 1.50. The molecule has 0 fully saturated rings. The molecule has 33 heavy (non-hydrogen) atoms. The standard InChI is InChI=1S/C24H21FN4O3S/c1-15-3-9-18(10-4-15)27-20(30)11-28(2)21(31)12-29-14-26-23-22(24(29)32)19(13-33-23)16-5-7-17(25)8-6-16/h3-10,13-14H,11-12H2,1-2H3,(H,27,30). The third-order valence-electron chi connectivity index (χ3n) is 5.16. The lowest BCUT2D eigenvalue weighted by Crippen LogP contribution is -2.38. The van der Waals surface area contributed by atoms with Crippen molar-refractivity contribution in [1.82, 2.24) is 14.5 Å². The number of hydrogen-bond donors (Lipinski definition) is 1. The largest absolute Gasteiger partial charge is 0.335 e. The van der Waals surface area contributed by atoms with Crippen LogP contribution < -0.4 is 10.9 Å². The minimum atomic E-state index is -0.407. The van der Waals surface area contributed by atoms with Gasteiger partial charge in [-0.2, -0.15) is 0 Å². The molecule has 168 valence electrons. The van der Waals surface area contributed by atoms with Gasteiger partial charge in [-0.05, 0) is 36.8 Å². The number of nitrogens with one attached hydrogen (secondary N) is 1. The molecule has 4 rings (SSSR count). The lowest BCUT2D eigenvalue weighted by Gasteiger charge is -2.17. The molecule has 0 saturated carbocycles. The molecule has 9 heteroatoms. The fraction of sp³-hybridized carbons (Fsp3) is 0.167. The fourth-order valence-electron chi connectivity index (χ4n) is 3.33. The molecular weight excluding hydrogens is 443 g/mol. The van der Waals surface area contributed by atoms with E-state index in [-0.39, 0.29) is 30.4 Å². The quantitative estimate of drug-likeness (QED) is 0.472. The van der Waals surface area contributed by atoms with E-state index in [0.717, 1.165) is 5.56 Å². The van der Waals surface area contributed by atoms with Gasteiger partial charge in [0.25, 0.3) is 5.56 Å². The molecule has 0 aliphatic carbocycles. The van der Waals surface area contributed by atoms with Gasteiger partial charge < -0.3 is 10.2 Å². The molecule has 2 amide bonds. The van der Waals surface area contributed by atoms with Gasteiger partial charge in [0.15, 0.2) is 0 Å². The van der Waals surface area contributed by atoms with Gasteiger partial charge in [-0.15, -0.1) is 11.3 Å². The maximum atomic E-state index is 13.3. The molecule has 1 N–H and O–H groups in total. The van der Waals surface area contributed by atoms with Crippen LogP contribution in [0, 0.1) is 12.7 Å². The van der Waals surface area contributed by atoms with Crippen molar-refractivity contribution in [3.8, 4) is 11.1 Å². The van der Waals surface area contributed by atoms with Crippen molar-refractivity contribution in [2.45, 2.75) is 13.5 Å². The Bertz CT molecular complexity index is 1380. The normalized spacial score (nSPS) is 10.9. The molecule has 2 aromatic heterocycles. The summed E-state index contributed by atoms with van der Waals surface area (Å²) in [6.07, 6.45) is 1.33. The van der Waals surface area contributed by atoms with Crippen molar-refractivity contribution >= 4 is 39.1 Å². The number of hydrogen-bond acceptors (Lipinski definition) is 5. The molecular formula is C24H21FN4O3S. The van der Waals surface area contributed by atoms with Crippen LogP contribution in [0.3, 0.4) is 0 Å². The number of fused-ring (bicyclic) bond motifs is 1. The highest BCUT2D eigenvalue weighted by Gasteiger charge is 2.18. The smallest absolute Gasteiger partial charge is 0.263 e. The third-order valence-corrected chi connectivity index (χ3v) is 6.05. The number of anilines is 1. The zero-order valence-corrected chi connectivity index (χ0v) is 18.9. The van der Waals surface area contributed by atoms with Gasteiger partial charge in [-0.3, -0.25) is 19.0 Å². The Morgan fingerprint density at radius 1 is 1.12 bits per heavy atom. The number of rotatable bonds is 6. The van der Waals surface area contributed by atoms with E-state index in [9.17, 15) is 18.8 Å². The molecule has 2 aromatic carbocycles. The van der Waals surface area contributed by atoms with E-state index in [1.807, 2.05) is 19.1 Å². The van der Waals surface area contributed by atoms with Crippen LogP contribution in [0.2, 0.25) is 0 Å². The minimum Gasteiger partial charge on any atom is -0.335 e. The van der Waals surface area contributed by atoms with Crippen LogP contribution in [0.15, 0.2) is 65.0 Å². The van der Waals surface area contributed by atoms with Gasteiger partial charge in [0, 0.05) is 23.7 Å². The highest BCUT2D eigenvalue weighted by atomic mass is 32.1. The molecule has 7 nitrogen and oxygen atoms in total. The molecule has 0 atom stereocenters. The summed E-state index contributed by atoms with van der Waals surface area (Å²) < 4.78 is 14.5. The summed E-state index contributed by atoms with van der Waals surface area (Å²) >= 11 is 1.30. The van der Waals surface area contributed by atoms with E-state index in [4.69, 9.17) is 0 Å². The predicted molar refractivity (Wildman–Crippen MR) is 127 cm³/mol. The number of aryl methyl sites for hydroxylation is 1. The van der Waals surface area contributed by atoms with Crippen molar-refractivity contribution in [3.05, 3.63) is 82.0 Å². The summed E-state index contributed by atoms with van der Waals surface area (Å²) in [6, 6.07) is 13.2. The molecule has 0 radical (unpaired) electrons. The SMILES string of the molecule is Cc1ccc(NC(=O)CN(C)C(=O)Cn2cnc3scc(-c4ccc(F)cc4)c3c2=O)cc1. The molecule has 0 aliphatic heterocycles. The van der Waals surface area contributed by atoms with E-state index in [1.54, 1.807) is 29.6 Å². The highest BCUT2D eigenvalue weighted by molar-refractivity contribution is 7.17. The zero-order chi connectivity index (χ0) is 23.5. The number of halogens is 1. The summed E-state index contributed by atoms with van der Waals surface area (Å²) in [6.45, 7) is 1.54. The average molecular weight is 465 g/mol. The van der Waals surface area contributed by atoms with Crippen LogP contribution in [-0.2, 0) is 16.1 Å². The van der Waals surface area contributed by atoms with Crippen molar-refractivity contribution in [1.29, 1.82) is 0 Å². The minimum absolute atomic E-state index is 0.156. The van der Waals surface area contributed by atoms with Gasteiger partial charge >= 0.3 is 0 Å². The molecule has 0 spiro atoms. The lowest BCUT2D eigenvalue weighted by molar-refractivity contribution is -0.133. The second kappa shape index (κ2) is 9.33. The Balaban J connectivity index is 1.49. The van der Waals surface area contributed by atoms with Crippen LogP contribution in [0.5, 0.6) is 0 Å². The summed E-state index contributed by atoms with van der Waals surface area (Å²) in [5.74, 6) is -1.11. The Morgan fingerprint density at radius 2 is 1.82 bits per heavy atom. The van der Waals surface area contributed by atoms with E-state index in [0.29, 0.717) is 27.0 Å². The number of aromatic nitrogens is 2. The molecule has 0 aliphatic rings. The topological polar surface area (TPSA) is 84.3 Å². The van der Waals surface area contributed by atoms with Crippen molar-refractivity contribution in [2.75, 3.05) is 18.9 Å². The van der Waals surface area contributed by atoms with Crippen molar-refractivity contribution < 1.29 is 14.0 Å². The van der Waals surface area contributed by atoms with Crippen LogP contribution >= 0.6 is 11.3 Å². The first-order chi connectivity index (χ1) is 15.8. The van der Waals surface area contributed by atoms with E-state index in [2.05, 4.69) is 10.3 Å². The Kier molecular flexibility index (Phi) is 6.32. The molecule has 0 saturated heterocycles. The van der Waals surface area contributed by atoms with Gasteiger partial charge in [0.2, 0.25) is 11.8 Å². The molecule has 2 heterocycles. The van der Waals surface area contributed by atoms with Crippen LogP contribution in [0.4, 0.5) is 10.1 Å². The third kappa shape index (κ3) is 4.98. The Labute approximate surface area is 193 Å². The number of thiophene rings is 1. The first kappa shape index (κ1) is 22.3. The van der Waals surface area contributed by atoms with Crippen LogP contribution in [-0.4, -0.2) is 39.9 Å². The number of likely N-dealkylation sites (N-methyl/N-ethyl adjacent to an activating group) is 1. The summed E-state index contributed by atoms with van der Waals surface area (Å²) in [5.41, 5.74) is 2.68. The van der Waals surface area contributed by atoms with Crippen molar-refractivity contribution in [3.63, 3.8) is 0 Å². The monoisotopic (exact) mass is 464 g/mol. The van der Waals surface area contributed by atoms with Crippen molar-refractivity contribution in [2.24, 2.45) is 0 Å². The summed E-state index contributed by atoms with van der Waals surface area (Å²) in [5, 5.41) is 4.91. The average Bonchev–Trinajstić information content (AvgIpc) is 3.22. The van der Waals surface area contributed by atoms with Gasteiger partial charge in [-0.1, -0.05) is 29.8 Å². The first-order valence-electron chi connectivity index (χ1n) is 10.1. The van der Waals surface area contributed by atoms with Gasteiger partial charge in [0.1, 0.15) is 17.2 Å². The second-order valence-corrected chi connectivity index (χ2v) is 8.54. The fourth-order valence-corrected chi connectivity index (χ4v) is 4.24. The molecule has 4 aromatic rings. The first-order valence-corrected chi connectivity index (χ1v) is 11.0. The molecule has 0 bridgehead atoms. The number of carbonyl (C=O) groups is 2. The lowest BCUT2D eigenvalue weighted by atomic mass is 10.1. The zero-order valence-electron chi connectivity index (χ0n) is 18.0. The maximum absolute atomic E-state index is 13.3. The van der Waals surface area contributed by atoms with Crippen LogP contribution in [0.25, 0.3) is 21.3 Å². The maximum Gasteiger partial charge on any atom is 0.263 e. The number of amides is 2. The number of benzene rings is 2. The summed E-state index contributed by atoms with van der Waals surface area (Å²) in [4.78, 5) is 44.2. The van der Waals surface area contributed by atoms with E-state index < -0.39 is 5.91 Å².